The molecule has 0 unspecified atom stereocenters. The molecule has 1 aliphatic heterocycles. The molecule has 0 saturated heterocycles. The Bertz CT molecular complexity index is 1190. The number of benzene rings is 3. The van der Waals surface area contributed by atoms with E-state index in [-0.39, 0.29) is 0 Å². The summed E-state index contributed by atoms with van der Waals surface area (Å²) in [5.41, 5.74) is 3.71. The quantitative estimate of drug-likeness (QED) is 0.0960. The Morgan fingerprint density at radius 1 is 1.14 bits per heavy atom. The van der Waals surface area contributed by atoms with E-state index < -0.39 is 0 Å². The van der Waals surface area contributed by atoms with Gasteiger partial charge in [0.05, 0.1) is 6.07 Å². The normalized spacial score (nSPS) is 12.5. The van der Waals surface area contributed by atoms with Crippen LogP contribution in [-0.2, 0) is 9.78 Å². The van der Waals surface area contributed by atoms with E-state index in [1.807, 2.05) is 18.2 Å². The number of rotatable bonds is 6. The molecule has 1 heterocycles. The van der Waals surface area contributed by atoms with E-state index in [4.69, 9.17) is 19.2 Å². The van der Waals surface area contributed by atoms with E-state index in [1.165, 1.54) is 17.2 Å². The van der Waals surface area contributed by atoms with Crippen LogP contribution in [0, 0.1) is 6.92 Å². The summed E-state index contributed by atoms with van der Waals surface area (Å²) in [6.45, 7) is 9.64. The fraction of sp³-hybridized carbons (Fsp3) is 0.217. The first-order chi connectivity index (χ1) is 13.7. The molecule has 0 amide bonds. The molecule has 0 bridgehead atoms. The molecule has 2 aromatic rings. The largest absolute Gasteiger partial charge is 0.453 e. The van der Waals surface area contributed by atoms with Crippen molar-refractivity contribution in [2.45, 2.75) is 13.8 Å². The lowest BCUT2D eigenvalue weighted by atomic mass is 10.0. The van der Waals surface area contributed by atoms with Crippen molar-refractivity contribution in [3.05, 3.63) is 72.3 Å². The number of aryl methyl sites for hydroxylation is 1. The summed E-state index contributed by atoms with van der Waals surface area (Å²) < 4.78 is 8.45. The lowest BCUT2D eigenvalue weighted by Crippen LogP contribution is -2.32. The molecule has 0 atom stereocenters. The van der Waals surface area contributed by atoms with Gasteiger partial charge in [-0.2, -0.15) is 4.89 Å². The van der Waals surface area contributed by atoms with Gasteiger partial charge in [-0.3, -0.25) is 0 Å². The molecule has 5 nitrogen and oxygen atoms in total. The van der Waals surface area contributed by atoms with Crippen molar-refractivity contribution in [3.8, 4) is 11.5 Å². The number of nitrogens with zero attached hydrogens (tertiary/aromatic N) is 2. The van der Waals surface area contributed by atoms with Crippen LogP contribution in [-0.4, -0.2) is 24.7 Å². The SMILES string of the molecule is C=COOCC[N+](CC)=c1ccc2nc3c(cc(C)c4ccccc43)oc-2c1. The smallest absolute Gasteiger partial charge is 0.203 e. The van der Waals surface area contributed by atoms with Gasteiger partial charge < -0.3 is 9.30 Å². The standard InChI is InChI=1S/C23H23N2O3/c1-4-25(12-13-27-26-5-2)17-10-11-20-21(15-17)28-22-14-16(3)18-8-6-7-9-19(18)23(22)24-20/h5-11,14-15H,2,4,12-13H2,1,3H3/q+1. The fourth-order valence-corrected chi connectivity index (χ4v) is 3.53. The van der Waals surface area contributed by atoms with Crippen LogP contribution >= 0.6 is 0 Å². The van der Waals surface area contributed by atoms with Gasteiger partial charge >= 0.3 is 0 Å². The third-order valence-electron chi connectivity index (χ3n) is 4.91. The lowest BCUT2D eigenvalue weighted by molar-refractivity contribution is -0.247. The van der Waals surface area contributed by atoms with E-state index in [0.29, 0.717) is 13.2 Å². The second-order valence-electron chi connectivity index (χ2n) is 6.62. The van der Waals surface area contributed by atoms with Crippen molar-refractivity contribution in [1.82, 2.24) is 9.56 Å². The first-order valence-corrected chi connectivity index (χ1v) is 9.41. The molecule has 0 fully saturated rings. The Hall–Kier alpha value is -3.18. The van der Waals surface area contributed by atoms with Gasteiger partial charge in [0.25, 0.3) is 0 Å². The zero-order valence-corrected chi connectivity index (χ0v) is 16.1. The monoisotopic (exact) mass is 375 g/mol. The molecule has 0 aromatic heterocycles. The third-order valence-corrected chi connectivity index (χ3v) is 4.91. The molecule has 4 rings (SSSR count). The van der Waals surface area contributed by atoms with Crippen LogP contribution in [0.4, 0.5) is 0 Å². The van der Waals surface area contributed by atoms with Gasteiger partial charge in [-0.05, 0) is 36.9 Å². The highest BCUT2D eigenvalue weighted by Crippen LogP contribution is 2.31. The molecule has 0 spiro atoms. The summed E-state index contributed by atoms with van der Waals surface area (Å²) in [5, 5.41) is 3.37. The van der Waals surface area contributed by atoms with Gasteiger partial charge in [0.1, 0.15) is 24.0 Å². The van der Waals surface area contributed by atoms with E-state index >= 15 is 0 Å². The van der Waals surface area contributed by atoms with Crippen molar-refractivity contribution in [2.75, 3.05) is 19.7 Å². The molecular formula is C23H23N2O3+. The van der Waals surface area contributed by atoms with Gasteiger partial charge in [0, 0.05) is 11.5 Å². The molecule has 1 aliphatic carbocycles. The summed E-state index contributed by atoms with van der Waals surface area (Å²) in [5.74, 6) is 0.765. The van der Waals surface area contributed by atoms with E-state index in [1.54, 1.807) is 0 Å². The third kappa shape index (κ3) is 3.37. The first-order valence-electron chi connectivity index (χ1n) is 9.41. The first kappa shape index (κ1) is 18.2. The number of aromatic nitrogens is 1. The van der Waals surface area contributed by atoms with Crippen LogP contribution < -0.4 is 9.93 Å². The lowest BCUT2D eigenvalue weighted by Gasteiger charge is -2.10. The molecule has 5 heteroatoms. The Balaban J connectivity index is 1.85. The number of fused-ring (bicyclic) bond motifs is 4. The van der Waals surface area contributed by atoms with Crippen LogP contribution in [0.25, 0.3) is 33.3 Å². The minimum Gasteiger partial charge on any atom is -0.453 e. The average molecular weight is 375 g/mol. The molecule has 0 saturated carbocycles. The molecule has 142 valence electrons. The number of hydrogen-bond donors (Lipinski definition) is 0. The van der Waals surface area contributed by atoms with Gasteiger partial charge in [-0.1, -0.05) is 30.8 Å². The number of likely N-dealkylation sites (N-methyl/N-ethyl adjacent to an activating group) is 1. The van der Waals surface area contributed by atoms with E-state index in [2.05, 4.69) is 55.3 Å². The minimum atomic E-state index is 0.441. The topological polar surface area (TPSA) is 47.5 Å². The van der Waals surface area contributed by atoms with E-state index in [0.717, 1.165) is 39.8 Å². The van der Waals surface area contributed by atoms with Crippen LogP contribution in [0.1, 0.15) is 12.5 Å². The zero-order valence-electron chi connectivity index (χ0n) is 16.1. The molecule has 2 aromatic carbocycles. The van der Waals surface area contributed by atoms with Crippen LogP contribution in [0.15, 0.2) is 65.8 Å². The Morgan fingerprint density at radius 2 is 1.96 bits per heavy atom. The van der Waals surface area contributed by atoms with Crippen LogP contribution in [0.2, 0.25) is 0 Å². The summed E-state index contributed by atoms with van der Waals surface area (Å²) >= 11 is 0. The maximum atomic E-state index is 6.26. The minimum absolute atomic E-state index is 0.441. The molecule has 0 N–H and O–H groups in total. The maximum absolute atomic E-state index is 6.26. The van der Waals surface area contributed by atoms with E-state index in [9.17, 15) is 0 Å². The second-order valence-corrected chi connectivity index (χ2v) is 6.62. The van der Waals surface area contributed by atoms with Gasteiger partial charge in [0.2, 0.25) is 5.36 Å². The van der Waals surface area contributed by atoms with Crippen LogP contribution in [0.5, 0.6) is 0 Å². The maximum Gasteiger partial charge on any atom is 0.203 e. The fourth-order valence-electron chi connectivity index (χ4n) is 3.53. The highest BCUT2D eigenvalue weighted by atomic mass is 17.2. The summed E-state index contributed by atoms with van der Waals surface area (Å²) in [6, 6.07) is 16.5. The van der Waals surface area contributed by atoms with Gasteiger partial charge in [-0.25, -0.2) is 9.56 Å². The molecular weight excluding hydrogens is 352 g/mol. The second kappa shape index (κ2) is 7.82. The average Bonchev–Trinajstić information content (AvgIpc) is 2.73. The van der Waals surface area contributed by atoms with Gasteiger partial charge in [-0.15, -0.1) is 0 Å². The Morgan fingerprint density at radius 3 is 2.75 bits per heavy atom. The summed E-state index contributed by atoms with van der Waals surface area (Å²) in [7, 11) is 0. The van der Waals surface area contributed by atoms with Crippen molar-refractivity contribution in [2.24, 2.45) is 0 Å². The molecule has 2 aliphatic rings. The molecule has 0 radical (unpaired) electrons. The Kier molecular flexibility index (Phi) is 5.08. The highest BCUT2D eigenvalue weighted by Gasteiger charge is 2.14. The van der Waals surface area contributed by atoms with Crippen molar-refractivity contribution >= 4 is 21.9 Å². The highest BCUT2D eigenvalue weighted by molar-refractivity contribution is 6.05. The number of hydrogen-bond acceptors (Lipinski definition) is 4. The summed E-state index contributed by atoms with van der Waals surface area (Å²) in [6.07, 6.45) is 1.27. The van der Waals surface area contributed by atoms with Crippen molar-refractivity contribution in [1.29, 1.82) is 0 Å². The predicted molar refractivity (Wildman–Crippen MR) is 111 cm³/mol. The Labute approximate surface area is 163 Å². The van der Waals surface area contributed by atoms with Crippen LogP contribution in [0.3, 0.4) is 0 Å². The van der Waals surface area contributed by atoms with Gasteiger partial charge in [0.15, 0.2) is 24.5 Å². The molecule has 28 heavy (non-hydrogen) atoms. The van der Waals surface area contributed by atoms with Crippen molar-refractivity contribution < 1.29 is 14.2 Å². The summed E-state index contributed by atoms with van der Waals surface area (Å²) in [4.78, 5) is 14.7. The zero-order chi connectivity index (χ0) is 19.5. The van der Waals surface area contributed by atoms with Crippen molar-refractivity contribution in [3.63, 3.8) is 0 Å². The predicted octanol–water partition coefficient (Wildman–Crippen LogP) is 4.28.